The molecule has 1 atom stereocenters. The predicted octanol–water partition coefficient (Wildman–Crippen LogP) is 2.13. The largest absolute Gasteiger partial charge is 0.503 e. The van der Waals surface area contributed by atoms with Crippen LogP contribution in [0.2, 0.25) is 0 Å². The van der Waals surface area contributed by atoms with Gasteiger partial charge in [0, 0.05) is 24.8 Å². The van der Waals surface area contributed by atoms with E-state index in [1.807, 2.05) is 32.2 Å². The molecule has 0 aliphatic carbocycles. The number of nitrogens with zero attached hydrogens (tertiary/aromatic N) is 2. The van der Waals surface area contributed by atoms with Crippen molar-refractivity contribution >= 4 is 0 Å². The Morgan fingerprint density at radius 3 is 2.52 bits per heavy atom. The Hall–Kier alpha value is -2.11. The lowest BCUT2D eigenvalue weighted by atomic mass is 10.2. The highest BCUT2D eigenvalue weighted by molar-refractivity contribution is 5.21. The molecule has 0 aliphatic heterocycles. The van der Waals surface area contributed by atoms with E-state index in [0.717, 1.165) is 12.2 Å². The highest BCUT2D eigenvalue weighted by Crippen LogP contribution is 2.18. The van der Waals surface area contributed by atoms with Gasteiger partial charge in [-0.1, -0.05) is 37.3 Å². The maximum atomic E-state index is 11.8. The van der Waals surface area contributed by atoms with Crippen molar-refractivity contribution in [1.82, 2.24) is 9.47 Å². The van der Waals surface area contributed by atoms with E-state index >= 15 is 0 Å². The van der Waals surface area contributed by atoms with Crippen LogP contribution in [0.3, 0.4) is 0 Å². The van der Waals surface area contributed by atoms with Gasteiger partial charge in [0.1, 0.15) is 0 Å². The number of pyridine rings is 1. The average molecular weight is 316 g/mol. The van der Waals surface area contributed by atoms with Crippen molar-refractivity contribution in [2.75, 3.05) is 13.7 Å². The normalized spacial score (nSPS) is 12.5. The predicted molar refractivity (Wildman–Crippen MR) is 90.4 cm³/mol. The molecule has 1 aromatic heterocycles. The standard InChI is InChI=1S/C18H24N2O3/c1-3-15(13-21)20-12-18(23)17(22)9-16(20)11-19(2)10-14-7-5-4-6-8-14/h4-9,12,15,21,23H,3,10-11,13H2,1-2H3. The maximum absolute atomic E-state index is 11.8. The van der Waals surface area contributed by atoms with Gasteiger partial charge in [-0.15, -0.1) is 0 Å². The van der Waals surface area contributed by atoms with Gasteiger partial charge < -0.3 is 14.8 Å². The number of hydrogen-bond donors (Lipinski definition) is 2. The molecule has 2 rings (SSSR count). The molecule has 0 aliphatic rings. The van der Waals surface area contributed by atoms with Crippen LogP contribution in [-0.4, -0.2) is 33.3 Å². The van der Waals surface area contributed by atoms with Crippen LogP contribution in [0.5, 0.6) is 5.75 Å². The number of aromatic nitrogens is 1. The van der Waals surface area contributed by atoms with Gasteiger partial charge >= 0.3 is 0 Å². The van der Waals surface area contributed by atoms with Gasteiger partial charge in [-0.25, -0.2) is 0 Å². The lowest BCUT2D eigenvalue weighted by Crippen LogP contribution is -2.25. The van der Waals surface area contributed by atoms with E-state index in [-0.39, 0.29) is 18.4 Å². The molecule has 0 amide bonds. The van der Waals surface area contributed by atoms with E-state index in [1.165, 1.54) is 17.8 Å². The summed E-state index contributed by atoms with van der Waals surface area (Å²) < 4.78 is 1.80. The third-order valence-corrected chi connectivity index (χ3v) is 3.95. The molecule has 0 saturated carbocycles. The smallest absolute Gasteiger partial charge is 0.223 e. The molecule has 2 N–H and O–H groups in total. The summed E-state index contributed by atoms with van der Waals surface area (Å²) in [6.45, 7) is 3.24. The zero-order valence-electron chi connectivity index (χ0n) is 13.6. The third kappa shape index (κ3) is 4.43. The first-order valence-corrected chi connectivity index (χ1v) is 7.82. The topological polar surface area (TPSA) is 65.7 Å². The fourth-order valence-corrected chi connectivity index (χ4v) is 2.69. The van der Waals surface area contributed by atoms with E-state index in [2.05, 4.69) is 17.0 Å². The van der Waals surface area contributed by atoms with Gasteiger partial charge in [0.05, 0.1) is 18.8 Å². The number of aromatic hydroxyl groups is 1. The van der Waals surface area contributed by atoms with Gasteiger partial charge in [0.15, 0.2) is 5.75 Å². The second kappa shape index (κ2) is 7.94. The number of benzene rings is 1. The zero-order valence-corrected chi connectivity index (χ0v) is 13.6. The van der Waals surface area contributed by atoms with Crippen LogP contribution in [-0.2, 0) is 13.1 Å². The van der Waals surface area contributed by atoms with Gasteiger partial charge in [-0.3, -0.25) is 9.69 Å². The molecule has 5 heteroatoms. The quantitative estimate of drug-likeness (QED) is 0.821. The Balaban J connectivity index is 2.23. The Kier molecular flexibility index (Phi) is 5.96. The maximum Gasteiger partial charge on any atom is 0.223 e. The molecule has 124 valence electrons. The van der Waals surface area contributed by atoms with Crippen LogP contribution < -0.4 is 5.43 Å². The summed E-state index contributed by atoms with van der Waals surface area (Å²) >= 11 is 0. The number of hydrogen-bond acceptors (Lipinski definition) is 4. The molecule has 0 fully saturated rings. The molecule has 0 bridgehead atoms. The molecule has 1 heterocycles. The van der Waals surface area contributed by atoms with Crippen molar-refractivity contribution < 1.29 is 10.2 Å². The fourth-order valence-electron chi connectivity index (χ4n) is 2.69. The minimum absolute atomic E-state index is 0.0335. The van der Waals surface area contributed by atoms with E-state index in [0.29, 0.717) is 13.0 Å². The van der Waals surface area contributed by atoms with Gasteiger partial charge in [0.25, 0.3) is 0 Å². The van der Waals surface area contributed by atoms with Crippen LogP contribution in [0.1, 0.15) is 30.6 Å². The highest BCUT2D eigenvalue weighted by Gasteiger charge is 2.14. The molecule has 1 aromatic carbocycles. The Labute approximate surface area is 136 Å². The first kappa shape index (κ1) is 17.2. The fraction of sp³-hybridized carbons (Fsp3) is 0.389. The summed E-state index contributed by atoms with van der Waals surface area (Å²) in [4.78, 5) is 13.9. The Bertz CT molecular complexity index is 678. The second-order valence-electron chi connectivity index (χ2n) is 5.82. The molecule has 0 saturated heterocycles. The molecule has 23 heavy (non-hydrogen) atoms. The summed E-state index contributed by atoms with van der Waals surface area (Å²) in [5.41, 5.74) is 1.58. The summed E-state index contributed by atoms with van der Waals surface area (Å²) in [6.07, 6.45) is 2.15. The Morgan fingerprint density at radius 2 is 1.91 bits per heavy atom. The monoisotopic (exact) mass is 316 g/mol. The zero-order chi connectivity index (χ0) is 16.8. The SMILES string of the molecule is CCC(CO)n1cc(O)c(=O)cc1CN(C)Cc1ccccc1. The first-order chi connectivity index (χ1) is 11.0. The van der Waals surface area contributed by atoms with Crippen molar-refractivity contribution in [2.45, 2.75) is 32.5 Å². The summed E-state index contributed by atoms with van der Waals surface area (Å²) in [5, 5.41) is 19.2. The lowest BCUT2D eigenvalue weighted by molar-refractivity contribution is 0.214. The summed E-state index contributed by atoms with van der Waals surface area (Å²) in [6, 6.07) is 11.4. The Morgan fingerprint density at radius 1 is 1.22 bits per heavy atom. The molecule has 0 spiro atoms. The molecule has 0 radical (unpaired) electrons. The minimum Gasteiger partial charge on any atom is -0.503 e. The van der Waals surface area contributed by atoms with Crippen LogP contribution in [0.4, 0.5) is 0 Å². The minimum atomic E-state index is -0.392. The number of aliphatic hydroxyl groups is 1. The van der Waals surface area contributed by atoms with Gasteiger partial charge in [0.2, 0.25) is 5.43 Å². The van der Waals surface area contributed by atoms with E-state index in [9.17, 15) is 15.0 Å². The van der Waals surface area contributed by atoms with Crippen LogP contribution >= 0.6 is 0 Å². The molecule has 1 unspecified atom stereocenters. The van der Waals surface area contributed by atoms with E-state index < -0.39 is 5.43 Å². The lowest BCUT2D eigenvalue weighted by Gasteiger charge is -2.24. The van der Waals surface area contributed by atoms with Crippen molar-refractivity contribution in [2.24, 2.45) is 0 Å². The van der Waals surface area contributed by atoms with Gasteiger partial charge in [-0.2, -0.15) is 0 Å². The molecular formula is C18H24N2O3. The van der Waals surface area contributed by atoms with Crippen molar-refractivity contribution in [3.05, 3.63) is 64.1 Å². The van der Waals surface area contributed by atoms with E-state index in [1.54, 1.807) is 4.57 Å². The van der Waals surface area contributed by atoms with Crippen LogP contribution in [0.15, 0.2) is 47.4 Å². The van der Waals surface area contributed by atoms with Crippen molar-refractivity contribution in [3.8, 4) is 5.75 Å². The number of aliphatic hydroxyl groups excluding tert-OH is 1. The highest BCUT2D eigenvalue weighted by atomic mass is 16.3. The molecular weight excluding hydrogens is 292 g/mol. The number of rotatable bonds is 7. The second-order valence-corrected chi connectivity index (χ2v) is 5.82. The van der Waals surface area contributed by atoms with Gasteiger partial charge in [-0.05, 0) is 19.0 Å². The van der Waals surface area contributed by atoms with Crippen molar-refractivity contribution in [3.63, 3.8) is 0 Å². The summed E-state index contributed by atoms with van der Waals surface area (Å²) in [7, 11) is 1.98. The third-order valence-electron chi connectivity index (χ3n) is 3.95. The summed E-state index contributed by atoms with van der Waals surface area (Å²) in [5.74, 6) is -0.286. The van der Waals surface area contributed by atoms with E-state index in [4.69, 9.17) is 0 Å². The van der Waals surface area contributed by atoms with Crippen molar-refractivity contribution in [1.29, 1.82) is 0 Å². The first-order valence-electron chi connectivity index (χ1n) is 7.82. The molecule has 5 nitrogen and oxygen atoms in total. The van der Waals surface area contributed by atoms with Crippen LogP contribution in [0, 0.1) is 0 Å². The van der Waals surface area contributed by atoms with Crippen LogP contribution in [0.25, 0.3) is 0 Å². The average Bonchev–Trinajstić information content (AvgIpc) is 2.54. The molecule has 2 aromatic rings.